The zero-order valence-corrected chi connectivity index (χ0v) is 12.0. The Morgan fingerprint density at radius 2 is 1.63 bits per heavy atom. The van der Waals surface area contributed by atoms with E-state index in [2.05, 4.69) is 12.2 Å². The van der Waals surface area contributed by atoms with Gasteiger partial charge < -0.3 is 19.5 Å². The number of benzene rings is 1. The maximum absolute atomic E-state index is 5.65. The lowest BCUT2D eigenvalue weighted by molar-refractivity contribution is 0.100. The van der Waals surface area contributed by atoms with Crippen LogP contribution in [0.3, 0.4) is 0 Å². The van der Waals surface area contributed by atoms with Gasteiger partial charge in [-0.3, -0.25) is 0 Å². The van der Waals surface area contributed by atoms with Gasteiger partial charge in [0, 0.05) is 6.54 Å². The largest absolute Gasteiger partial charge is 0.490 e. The highest BCUT2D eigenvalue weighted by Crippen LogP contribution is 2.26. The van der Waals surface area contributed by atoms with Crippen LogP contribution >= 0.6 is 0 Å². The molecule has 0 heterocycles. The summed E-state index contributed by atoms with van der Waals surface area (Å²) in [4.78, 5) is 0. The van der Waals surface area contributed by atoms with Gasteiger partial charge in [-0.25, -0.2) is 0 Å². The molecule has 0 aliphatic rings. The van der Waals surface area contributed by atoms with E-state index in [1.807, 2.05) is 31.2 Å². The second-order valence-electron chi connectivity index (χ2n) is 4.09. The third-order valence-corrected chi connectivity index (χ3v) is 2.48. The molecule has 0 aliphatic carbocycles. The molecule has 0 bridgehead atoms. The van der Waals surface area contributed by atoms with Gasteiger partial charge in [0.1, 0.15) is 6.61 Å². The van der Waals surface area contributed by atoms with Crippen molar-refractivity contribution < 1.29 is 14.2 Å². The Bertz CT molecular complexity index is 331. The Morgan fingerprint density at radius 3 is 2.32 bits per heavy atom. The summed E-state index contributed by atoms with van der Waals surface area (Å²) in [5.74, 6) is 1.56. The maximum Gasteiger partial charge on any atom is 0.161 e. The quantitative estimate of drug-likeness (QED) is 0.625. The molecular formula is C15H25NO3. The van der Waals surface area contributed by atoms with E-state index in [0.29, 0.717) is 19.8 Å². The predicted molar refractivity (Wildman–Crippen MR) is 77.1 cm³/mol. The molecule has 0 spiro atoms. The number of ether oxygens (including phenoxy) is 3. The maximum atomic E-state index is 5.65. The minimum atomic E-state index is 0.540. The molecular weight excluding hydrogens is 242 g/mol. The first-order valence-corrected chi connectivity index (χ1v) is 7.01. The Kier molecular flexibility index (Phi) is 8.85. The molecule has 4 heteroatoms. The third kappa shape index (κ3) is 7.03. The molecule has 1 aromatic carbocycles. The molecule has 0 saturated carbocycles. The molecule has 19 heavy (non-hydrogen) atoms. The minimum Gasteiger partial charge on any atom is -0.490 e. The first-order chi connectivity index (χ1) is 9.38. The highest BCUT2D eigenvalue weighted by molar-refractivity contribution is 5.39. The lowest BCUT2D eigenvalue weighted by Crippen LogP contribution is -2.21. The van der Waals surface area contributed by atoms with E-state index in [1.54, 1.807) is 0 Å². The summed E-state index contributed by atoms with van der Waals surface area (Å²) in [5, 5.41) is 3.28. The first-order valence-electron chi connectivity index (χ1n) is 7.01. The topological polar surface area (TPSA) is 39.7 Å². The molecule has 1 aromatic rings. The van der Waals surface area contributed by atoms with E-state index in [1.165, 1.54) is 0 Å². The molecule has 0 amide bonds. The average Bonchev–Trinajstić information content (AvgIpc) is 2.44. The van der Waals surface area contributed by atoms with Gasteiger partial charge in [0.05, 0.1) is 19.8 Å². The van der Waals surface area contributed by atoms with Crippen molar-refractivity contribution in [1.82, 2.24) is 5.32 Å². The molecule has 0 fully saturated rings. The number of hydrogen-bond acceptors (Lipinski definition) is 4. The number of nitrogens with one attached hydrogen (secondary N) is 1. The van der Waals surface area contributed by atoms with E-state index < -0.39 is 0 Å². The molecule has 0 aromatic heterocycles. The van der Waals surface area contributed by atoms with Gasteiger partial charge in [-0.2, -0.15) is 0 Å². The van der Waals surface area contributed by atoms with Crippen molar-refractivity contribution in [2.45, 2.75) is 20.3 Å². The van der Waals surface area contributed by atoms with Crippen molar-refractivity contribution in [3.05, 3.63) is 24.3 Å². The van der Waals surface area contributed by atoms with Crippen molar-refractivity contribution in [2.24, 2.45) is 0 Å². The number of hydrogen-bond donors (Lipinski definition) is 1. The fraction of sp³-hybridized carbons (Fsp3) is 0.600. The zero-order valence-electron chi connectivity index (χ0n) is 12.0. The summed E-state index contributed by atoms with van der Waals surface area (Å²) in [6.45, 7) is 8.54. The second kappa shape index (κ2) is 10.6. The molecule has 1 N–H and O–H groups in total. The molecule has 0 aliphatic heterocycles. The minimum absolute atomic E-state index is 0.540. The van der Waals surface area contributed by atoms with Crippen LogP contribution in [-0.2, 0) is 4.74 Å². The number of rotatable bonds is 11. The monoisotopic (exact) mass is 267 g/mol. The van der Waals surface area contributed by atoms with Crippen LogP contribution in [0.4, 0.5) is 0 Å². The molecule has 1 rings (SSSR count). The van der Waals surface area contributed by atoms with Crippen LogP contribution in [0.15, 0.2) is 24.3 Å². The van der Waals surface area contributed by atoms with E-state index in [9.17, 15) is 0 Å². The van der Waals surface area contributed by atoms with Gasteiger partial charge >= 0.3 is 0 Å². The van der Waals surface area contributed by atoms with Gasteiger partial charge in [-0.15, -0.1) is 0 Å². The van der Waals surface area contributed by atoms with E-state index in [4.69, 9.17) is 14.2 Å². The fourth-order valence-corrected chi connectivity index (χ4v) is 1.60. The van der Waals surface area contributed by atoms with Crippen LogP contribution in [-0.4, -0.2) is 39.5 Å². The smallest absolute Gasteiger partial charge is 0.161 e. The van der Waals surface area contributed by atoms with E-state index in [-0.39, 0.29) is 0 Å². The summed E-state index contributed by atoms with van der Waals surface area (Å²) in [6.07, 6.45) is 1.15. The predicted octanol–water partition coefficient (Wildman–Crippen LogP) is 2.48. The summed E-state index contributed by atoms with van der Waals surface area (Å²) in [6, 6.07) is 7.70. The van der Waals surface area contributed by atoms with Crippen molar-refractivity contribution >= 4 is 0 Å². The molecule has 4 nitrogen and oxygen atoms in total. The van der Waals surface area contributed by atoms with Crippen LogP contribution in [0.1, 0.15) is 20.3 Å². The summed E-state index contributed by atoms with van der Waals surface area (Å²) < 4.78 is 16.6. The SMILES string of the molecule is CCCNCCOCCOc1ccccc1OCC. The molecule has 0 atom stereocenters. The molecule has 108 valence electrons. The van der Waals surface area contributed by atoms with Crippen molar-refractivity contribution in [3.8, 4) is 11.5 Å². The average molecular weight is 267 g/mol. The first kappa shape index (κ1) is 15.8. The summed E-state index contributed by atoms with van der Waals surface area (Å²) in [7, 11) is 0. The third-order valence-electron chi connectivity index (χ3n) is 2.48. The zero-order chi connectivity index (χ0) is 13.8. The Hall–Kier alpha value is -1.26. The normalized spacial score (nSPS) is 10.4. The van der Waals surface area contributed by atoms with Gasteiger partial charge in [-0.1, -0.05) is 19.1 Å². The van der Waals surface area contributed by atoms with Gasteiger partial charge in [0.2, 0.25) is 0 Å². The Morgan fingerprint density at radius 1 is 0.895 bits per heavy atom. The number of para-hydroxylation sites is 2. The van der Waals surface area contributed by atoms with E-state index in [0.717, 1.165) is 37.6 Å². The Balaban J connectivity index is 2.12. The lowest BCUT2D eigenvalue weighted by atomic mass is 10.3. The summed E-state index contributed by atoms with van der Waals surface area (Å²) >= 11 is 0. The van der Waals surface area contributed by atoms with Crippen LogP contribution < -0.4 is 14.8 Å². The van der Waals surface area contributed by atoms with Gasteiger partial charge in [0.15, 0.2) is 11.5 Å². The van der Waals surface area contributed by atoms with Gasteiger partial charge in [-0.05, 0) is 32.0 Å². The standard InChI is InChI=1S/C15H25NO3/c1-3-9-16-10-11-17-12-13-19-15-8-6-5-7-14(15)18-4-2/h5-8,16H,3-4,9-13H2,1-2H3. The van der Waals surface area contributed by atoms with Crippen LogP contribution in [0, 0.1) is 0 Å². The van der Waals surface area contributed by atoms with Crippen molar-refractivity contribution in [2.75, 3.05) is 39.5 Å². The van der Waals surface area contributed by atoms with Crippen molar-refractivity contribution in [1.29, 1.82) is 0 Å². The van der Waals surface area contributed by atoms with E-state index >= 15 is 0 Å². The fourth-order valence-electron chi connectivity index (χ4n) is 1.60. The van der Waals surface area contributed by atoms with Crippen molar-refractivity contribution in [3.63, 3.8) is 0 Å². The molecule has 0 unspecified atom stereocenters. The highest BCUT2D eigenvalue weighted by atomic mass is 16.5. The van der Waals surface area contributed by atoms with Crippen LogP contribution in [0.5, 0.6) is 11.5 Å². The lowest BCUT2D eigenvalue weighted by Gasteiger charge is -2.11. The second-order valence-corrected chi connectivity index (χ2v) is 4.09. The van der Waals surface area contributed by atoms with Gasteiger partial charge in [0.25, 0.3) is 0 Å². The summed E-state index contributed by atoms with van der Waals surface area (Å²) in [5.41, 5.74) is 0. The molecule has 0 saturated heterocycles. The Labute approximate surface area is 116 Å². The highest BCUT2D eigenvalue weighted by Gasteiger charge is 2.02. The molecule has 0 radical (unpaired) electrons. The van der Waals surface area contributed by atoms with Crippen LogP contribution in [0.2, 0.25) is 0 Å². The van der Waals surface area contributed by atoms with Crippen LogP contribution in [0.25, 0.3) is 0 Å².